The van der Waals surface area contributed by atoms with Crippen LogP contribution in [0.4, 0.5) is 0 Å². The minimum Gasteiger partial charge on any atom is -0.497 e. The van der Waals surface area contributed by atoms with Gasteiger partial charge < -0.3 is 14.6 Å². The van der Waals surface area contributed by atoms with Crippen molar-refractivity contribution in [2.24, 2.45) is 4.99 Å². The number of hydrogen-bond donors (Lipinski definition) is 1. The van der Waals surface area contributed by atoms with Crippen LogP contribution in [0.2, 0.25) is 0 Å². The van der Waals surface area contributed by atoms with E-state index in [1.165, 1.54) is 6.20 Å². The van der Waals surface area contributed by atoms with Crippen LogP contribution in [0.5, 0.6) is 11.5 Å². The summed E-state index contributed by atoms with van der Waals surface area (Å²) in [5.41, 5.74) is 1.68. The lowest BCUT2D eigenvalue weighted by molar-refractivity contribution is -0.131. The molecule has 3 rings (SSSR count). The number of carboxylic acid groups (broad SMARTS) is 1. The monoisotopic (exact) mass is 382 g/mol. The van der Waals surface area contributed by atoms with Crippen molar-refractivity contribution in [1.29, 1.82) is 5.26 Å². The van der Waals surface area contributed by atoms with Gasteiger partial charge in [0.15, 0.2) is 6.10 Å². The van der Waals surface area contributed by atoms with Gasteiger partial charge in [-0.05, 0) is 43.3 Å². The van der Waals surface area contributed by atoms with E-state index in [4.69, 9.17) is 14.7 Å². The Kier molecular flexibility index (Phi) is 5.19. The number of ether oxygens (including phenoxy) is 2. The van der Waals surface area contributed by atoms with Crippen LogP contribution in [0, 0.1) is 11.3 Å². The highest BCUT2D eigenvalue weighted by Gasteiger charge is 2.40. The Balaban J connectivity index is 2.24. The van der Waals surface area contributed by atoms with E-state index in [0.29, 0.717) is 16.4 Å². The number of nitriles is 1. The molecule has 0 radical (unpaired) electrons. The van der Waals surface area contributed by atoms with Crippen LogP contribution in [-0.2, 0) is 4.79 Å². The number of rotatable bonds is 6. The van der Waals surface area contributed by atoms with Crippen LogP contribution in [0.1, 0.15) is 6.92 Å². The van der Waals surface area contributed by atoms with Crippen LogP contribution in [0.15, 0.2) is 74.4 Å². The molecule has 1 N–H and O–H groups in total. The van der Waals surface area contributed by atoms with Crippen LogP contribution >= 0.6 is 10.0 Å². The first-order chi connectivity index (χ1) is 13.0. The van der Waals surface area contributed by atoms with Gasteiger partial charge in [-0.15, -0.1) is 10.0 Å². The molecule has 0 spiro atoms. The van der Waals surface area contributed by atoms with E-state index in [-0.39, 0.29) is 4.91 Å². The second kappa shape index (κ2) is 7.56. The number of para-hydroxylation sites is 1. The smallest absolute Gasteiger partial charge is 0.343 e. The molecule has 1 aliphatic rings. The van der Waals surface area contributed by atoms with Gasteiger partial charge in [-0.3, -0.25) is 4.99 Å². The van der Waals surface area contributed by atoms with Crippen molar-refractivity contribution in [1.82, 2.24) is 0 Å². The summed E-state index contributed by atoms with van der Waals surface area (Å²) in [4.78, 5) is 17.9. The molecule has 2 atom stereocenters. The second-order valence-corrected chi connectivity index (χ2v) is 8.61. The SMILES string of the molecule is COc1ccc(S2(c3ccccc3OC(C)C#N)C=NC=C2C(=O)O)cc1. The molecule has 1 aliphatic heterocycles. The van der Waals surface area contributed by atoms with Gasteiger partial charge in [0.2, 0.25) is 0 Å². The average molecular weight is 382 g/mol. The Bertz CT molecular complexity index is 963. The van der Waals surface area contributed by atoms with Gasteiger partial charge in [-0.2, -0.15) is 5.26 Å². The van der Waals surface area contributed by atoms with E-state index >= 15 is 0 Å². The van der Waals surface area contributed by atoms with Gasteiger partial charge in [0.05, 0.1) is 12.7 Å². The lowest BCUT2D eigenvalue weighted by atomic mass is 10.3. The Morgan fingerprint density at radius 3 is 2.56 bits per heavy atom. The largest absolute Gasteiger partial charge is 0.497 e. The Hall–Kier alpha value is -3.24. The van der Waals surface area contributed by atoms with Gasteiger partial charge in [0, 0.05) is 16.0 Å². The van der Waals surface area contributed by atoms with Gasteiger partial charge in [-0.25, -0.2) is 4.79 Å². The van der Waals surface area contributed by atoms with E-state index in [0.717, 1.165) is 4.90 Å². The molecule has 27 heavy (non-hydrogen) atoms. The second-order valence-electron chi connectivity index (χ2n) is 5.72. The minimum atomic E-state index is -2.29. The number of nitrogens with zero attached hydrogens (tertiary/aromatic N) is 2. The molecule has 138 valence electrons. The zero-order valence-corrected chi connectivity index (χ0v) is 15.6. The molecule has 0 aromatic heterocycles. The number of hydrogen-bond acceptors (Lipinski definition) is 5. The molecular formula is C20H18N2O4S. The number of carboxylic acids is 1. The van der Waals surface area contributed by atoms with Gasteiger partial charge in [0.1, 0.15) is 22.5 Å². The van der Waals surface area contributed by atoms with Crippen molar-refractivity contribution in [3.05, 3.63) is 59.6 Å². The summed E-state index contributed by atoms with van der Waals surface area (Å²) < 4.78 is 11.0. The molecule has 2 aromatic rings. The molecule has 0 saturated heterocycles. The van der Waals surface area contributed by atoms with Crippen molar-refractivity contribution in [2.45, 2.75) is 22.8 Å². The standard InChI is InChI=1S/C20H18N2O4S/c1-14(11-21)26-17-5-3-4-6-18(17)27(13-22-12-19(27)20(23)24)16-9-7-15(25-2)8-10-16/h3-10,12-14H,1-2H3,(H,23,24). The Labute approximate surface area is 158 Å². The molecule has 6 nitrogen and oxygen atoms in total. The molecular weight excluding hydrogens is 364 g/mol. The quantitative estimate of drug-likeness (QED) is 0.809. The van der Waals surface area contributed by atoms with Crippen LogP contribution in [-0.4, -0.2) is 29.8 Å². The third-order valence-electron chi connectivity index (χ3n) is 4.08. The maximum absolute atomic E-state index is 12.0. The summed E-state index contributed by atoms with van der Waals surface area (Å²) in [5, 5.41) is 19.0. The Morgan fingerprint density at radius 2 is 1.93 bits per heavy atom. The van der Waals surface area contributed by atoms with Gasteiger partial charge in [0.25, 0.3) is 0 Å². The van der Waals surface area contributed by atoms with Gasteiger partial charge in [-0.1, -0.05) is 12.1 Å². The topological polar surface area (TPSA) is 91.9 Å². The van der Waals surface area contributed by atoms with Crippen molar-refractivity contribution in [3.8, 4) is 17.6 Å². The molecule has 0 saturated carbocycles. The maximum Gasteiger partial charge on any atom is 0.343 e. The van der Waals surface area contributed by atoms with Crippen LogP contribution in [0.25, 0.3) is 0 Å². The highest BCUT2D eigenvalue weighted by molar-refractivity contribution is 8.47. The zero-order valence-electron chi connectivity index (χ0n) is 14.8. The normalized spacial score (nSPS) is 21.4. The summed E-state index contributed by atoms with van der Waals surface area (Å²) >= 11 is 0. The summed E-state index contributed by atoms with van der Waals surface area (Å²) in [7, 11) is -0.715. The molecule has 2 unspecified atom stereocenters. The number of aliphatic imine (C=N–C) groups is 1. The molecule has 7 heteroatoms. The van der Waals surface area contributed by atoms with E-state index in [9.17, 15) is 9.90 Å². The fourth-order valence-electron chi connectivity index (χ4n) is 2.83. The lowest BCUT2D eigenvalue weighted by Crippen LogP contribution is -2.15. The molecule has 0 aliphatic carbocycles. The van der Waals surface area contributed by atoms with Crippen molar-refractivity contribution in [3.63, 3.8) is 0 Å². The molecule has 1 heterocycles. The van der Waals surface area contributed by atoms with Crippen LogP contribution < -0.4 is 9.47 Å². The zero-order chi connectivity index (χ0) is 19.4. The summed E-state index contributed by atoms with van der Waals surface area (Å²) in [6.45, 7) is 1.64. The fraction of sp³-hybridized carbons (Fsp3) is 0.150. The summed E-state index contributed by atoms with van der Waals surface area (Å²) in [6.07, 6.45) is 0.709. The van der Waals surface area contributed by atoms with Crippen molar-refractivity contribution in [2.75, 3.05) is 7.11 Å². The fourth-order valence-corrected chi connectivity index (χ4v) is 5.96. The first-order valence-corrected chi connectivity index (χ1v) is 9.82. The third-order valence-corrected chi connectivity index (χ3v) is 7.54. The van der Waals surface area contributed by atoms with Gasteiger partial charge >= 0.3 is 5.97 Å². The first kappa shape index (κ1) is 18.5. The number of aliphatic carboxylic acids is 1. The highest BCUT2D eigenvalue weighted by Crippen LogP contribution is 2.70. The first-order valence-electron chi connectivity index (χ1n) is 8.12. The highest BCUT2D eigenvalue weighted by atomic mass is 32.3. The van der Waals surface area contributed by atoms with E-state index in [1.807, 2.05) is 30.3 Å². The predicted molar refractivity (Wildman–Crippen MR) is 103 cm³/mol. The molecule has 0 fully saturated rings. The number of benzene rings is 2. The predicted octanol–water partition coefficient (Wildman–Crippen LogP) is 4.18. The third kappa shape index (κ3) is 3.27. The molecule has 2 aromatic carbocycles. The summed E-state index contributed by atoms with van der Waals surface area (Å²) in [5.74, 6) is 0.103. The van der Waals surface area contributed by atoms with E-state index < -0.39 is 22.1 Å². The number of carbonyl (C=O) groups is 1. The molecule has 0 amide bonds. The van der Waals surface area contributed by atoms with E-state index in [2.05, 4.69) is 4.99 Å². The lowest BCUT2D eigenvalue weighted by Gasteiger charge is -2.36. The molecule has 0 bridgehead atoms. The van der Waals surface area contributed by atoms with Crippen LogP contribution in [0.3, 0.4) is 0 Å². The Morgan fingerprint density at radius 1 is 1.22 bits per heavy atom. The summed E-state index contributed by atoms with van der Waals surface area (Å²) in [6, 6.07) is 16.5. The maximum atomic E-state index is 12.0. The van der Waals surface area contributed by atoms with Crippen molar-refractivity contribution < 1.29 is 19.4 Å². The average Bonchev–Trinajstić information content (AvgIpc) is 3.14. The minimum absolute atomic E-state index is 0.188. The van der Waals surface area contributed by atoms with E-state index in [1.54, 1.807) is 43.8 Å². The number of methoxy groups -OCH3 is 1. The van der Waals surface area contributed by atoms with Crippen molar-refractivity contribution >= 4 is 21.5 Å².